The highest BCUT2D eigenvalue weighted by Gasteiger charge is 2.28. The lowest BCUT2D eigenvalue weighted by Crippen LogP contribution is -2.43. The van der Waals surface area contributed by atoms with Crippen LogP contribution in [0.2, 0.25) is 0 Å². The van der Waals surface area contributed by atoms with Crippen molar-refractivity contribution in [1.29, 1.82) is 0 Å². The fourth-order valence-corrected chi connectivity index (χ4v) is 3.39. The number of aryl methyl sites for hydroxylation is 1. The molecule has 1 saturated heterocycles. The lowest BCUT2D eigenvalue weighted by atomic mass is 9.95. The van der Waals surface area contributed by atoms with E-state index in [1.54, 1.807) is 4.90 Å². The monoisotopic (exact) mass is 384 g/mol. The molecule has 1 aromatic heterocycles. The summed E-state index contributed by atoms with van der Waals surface area (Å²) in [6, 6.07) is 8.51. The SMILES string of the molecule is Cc1ccccc1C(=O)N1CCC(C(=O)NCCc2nc(O)cc(=O)[nH]2)CC1. The zero-order valence-electron chi connectivity index (χ0n) is 15.8. The number of hydrogen-bond donors (Lipinski definition) is 3. The molecular formula is C20H24N4O4. The maximum Gasteiger partial charge on any atom is 0.254 e. The number of carbonyl (C=O) groups is 2. The van der Waals surface area contributed by atoms with E-state index in [0.29, 0.717) is 50.3 Å². The van der Waals surface area contributed by atoms with E-state index >= 15 is 0 Å². The van der Waals surface area contributed by atoms with Crippen LogP contribution in [-0.4, -0.2) is 51.4 Å². The van der Waals surface area contributed by atoms with Crippen molar-refractivity contribution in [1.82, 2.24) is 20.2 Å². The number of carbonyl (C=O) groups excluding carboxylic acids is 2. The Morgan fingerprint density at radius 3 is 2.68 bits per heavy atom. The van der Waals surface area contributed by atoms with E-state index in [0.717, 1.165) is 11.6 Å². The van der Waals surface area contributed by atoms with Gasteiger partial charge >= 0.3 is 0 Å². The second kappa shape index (κ2) is 8.69. The van der Waals surface area contributed by atoms with Gasteiger partial charge in [-0.25, -0.2) is 4.98 Å². The minimum Gasteiger partial charge on any atom is -0.493 e. The maximum atomic E-state index is 12.7. The number of aromatic hydroxyl groups is 1. The van der Waals surface area contributed by atoms with Crippen molar-refractivity contribution in [2.45, 2.75) is 26.2 Å². The molecule has 2 heterocycles. The summed E-state index contributed by atoms with van der Waals surface area (Å²) in [5.41, 5.74) is 1.23. The zero-order valence-corrected chi connectivity index (χ0v) is 15.8. The van der Waals surface area contributed by atoms with Gasteiger partial charge in [-0.05, 0) is 31.4 Å². The molecule has 0 atom stereocenters. The van der Waals surface area contributed by atoms with Crippen molar-refractivity contribution < 1.29 is 14.7 Å². The number of rotatable bonds is 5. The number of hydrogen-bond acceptors (Lipinski definition) is 5. The van der Waals surface area contributed by atoms with Gasteiger partial charge in [0, 0.05) is 37.5 Å². The van der Waals surface area contributed by atoms with Crippen LogP contribution in [0.4, 0.5) is 0 Å². The van der Waals surface area contributed by atoms with Crippen LogP contribution < -0.4 is 10.9 Å². The molecule has 1 aromatic carbocycles. The Kier molecular flexibility index (Phi) is 6.08. The van der Waals surface area contributed by atoms with Gasteiger partial charge in [-0.2, -0.15) is 0 Å². The van der Waals surface area contributed by atoms with Gasteiger partial charge in [0.25, 0.3) is 11.5 Å². The Morgan fingerprint density at radius 1 is 1.29 bits per heavy atom. The summed E-state index contributed by atoms with van der Waals surface area (Å²) >= 11 is 0. The second-order valence-electron chi connectivity index (χ2n) is 6.97. The third kappa shape index (κ3) is 4.76. The Bertz CT molecular complexity index is 916. The van der Waals surface area contributed by atoms with Crippen molar-refractivity contribution in [2.75, 3.05) is 19.6 Å². The van der Waals surface area contributed by atoms with Crippen LogP contribution in [0.15, 0.2) is 35.1 Å². The normalized spacial score (nSPS) is 14.7. The molecule has 0 spiro atoms. The highest BCUT2D eigenvalue weighted by atomic mass is 16.3. The van der Waals surface area contributed by atoms with E-state index < -0.39 is 5.56 Å². The maximum absolute atomic E-state index is 12.7. The molecule has 1 aliphatic heterocycles. The van der Waals surface area contributed by atoms with Crippen LogP contribution in [0.1, 0.15) is 34.6 Å². The van der Waals surface area contributed by atoms with E-state index in [-0.39, 0.29) is 23.6 Å². The summed E-state index contributed by atoms with van der Waals surface area (Å²) in [5, 5.41) is 12.2. The minimum atomic E-state index is -0.431. The van der Waals surface area contributed by atoms with Crippen LogP contribution in [-0.2, 0) is 11.2 Å². The Balaban J connectivity index is 1.46. The number of H-pyrrole nitrogens is 1. The third-order valence-corrected chi connectivity index (χ3v) is 4.97. The molecule has 0 aliphatic carbocycles. The van der Waals surface area contributed by atoms with E-state index in [4.69, 9.17) is 0 Å². The van der Waals surface area contributed by atoms with Crippen molar-refractivity contribution in [2.24, 2.45) is 5.92 Å². The third-order valence-electron chi connectivity index (χ3n) is 4.97. The molecule has 3 N–H and O–H groups in total. The molecule has 0 saturated carbocycles. The van der Waals surface area contributed by atoms with Crippen LogP contribution >= 0.6 is 0 Å². The molecular weight excluding hydrogens is 360 g/mol. The van der Waals surface area contributed by atoms with Crippen molar-refractivity contribution in [3.05, 3.63) is 57.6 Å². The Morgan fingerprint density at radius 2 is 2.00 bits per heavy atom. The van der Waals surface area contributed by atoms with Gasteiger partial charge in [0.05, 0.1) is 6.07 Å². The summed E-state index contributed by atoms with van der Waals surface area (Å²) < 4.78 is 0. The quantitative estimate of drug-likeness (QED) is 0.711. The summed E-state index contributed by atoms with van der Waals surface area (Å²) in [6.45, 7) is 3.33. The molecule has 148 valence electrons. The Hall–Kier alpha value is -3.16. The van der Waals surface area contributed by atoms with Crippen LogP contribution in [0.3, 0.4) is 0 Å². The highest BCUT2D eigenvalue weighted by molar-refractivity contribution is 5.95. The van der Waals surface area contributed by atoms with Gasteiger partial charge in [0.2, 0.25) is 11.8 Å². The summed E-state index contributed by atoms with van der Waals surface area (Å²) in [5.74, 6) is -0.210. The fraction of sp³-hybridized carbons (Fsp3) is 0.400. The fourth-order valence-electron chi connectivity index (χ4n) is 3.39. The topological polar surface area (TPSA) is 115 Å². The van der Waals surface area contributed by atoms with Gasteiger partial charge in [0.15, 0.2) is 0 Å². The van der Waals surface area contributed by atoms with Gasteiger partial charge in [0.1, 0.15) is 5.82 Å². The number of piperidine rings is 1. The first kappa shape index (κ1) is 19.6. The molecule has 2 aromatic rings. The molecule has 8 heteroatoms. The number of aromatic nitrogens is 2. The number of aromatic amines is 1. The molecule has 3 rings (SSSR count). The highest BCUT2D eigenvalue weighted by Crippen LogP contribution is 2.20. The predicted octanol–water partition coefficient (Wildman–Crippen LogP) is 0.995. The average molecular weight is 384 g/mol. The van der Waals surface area contributed by atoms with Crippen molar-refractivity contribution in [3.63, 3.8) is 0 Å². The van der Waals surface area contributed by atoms with Gasteiger partial charge < -0.3 is 20.3 Å². The van der Waals surface area contributed by atoms with Crippen LogP contribution in [0, 0.1) is 12.8 Å². The van der Waals surface area contributed by atoms with Gasteiger partial charge in [-0.3, -0.25) is 14.4 Å². The number of amides is 2. The summed E-state index contributed by atoms with van der Waals surface area (Å²) in [7, 11) is 0. The van der Waals surface area contributed by atoms with Crippen molar-refractivity contribution >= 4 is 11.8 Å². The molecule has 8 nitrogen and oxygen atoms in total. The number of likely N-dealkylation sites (tertiary alicyclic amines) is 1. The van der Waals surface area contributed by atoms with E-state index in [1.807, 2.05) is 31.2 Å². The number of benzene rings is 1. The minimum absolute atomic E-state index is 0.0101. The molecule has 0 radical (unpaired) electrons. The summed E-state index contributed by atoms with van der Waals surface area (Å²) in [6.07, 6.45) is 1.55. The number of nitrogens with zero attached hydrogens (tertiary/aromatic N) is 2. The van der Waals surface area contributed by atoms with E-state index in [9.17, 15) is 19.5 Å². The molecule has 0 bridgehead atoms. The molecule has 1 fully saturated rings. The smallest absolute Gasteiger partial charge is 0.254 e. The first-order chi connectivity index (χ1) is 13.4. The summed E-state index contributed by atoms with van der Waals surface area (Å²) in [4.78, 5) is 44.4. The average Bonchev–Trinajstić information content (AvgIpc) is 2.67. The number of nitrogens with one attached hydrogen (secondary N) is 2. The molecule has 1 aliphatic rings. The molecule has 2 amide bonds. The predicted molar refractivity (Wildman–Crippen MR) is 103 cm³/mol. The van der Waals surface area contributed by atoms with Crippen LogP contribution in [0.5, 0.6) is 5.88 Å². The standard InChI is InChI=1S/C20H24N4O4/c1-13-4-2-3-5-15(13)20(28)24-10-7-14(8-11-24)19(27)21-9-6-16-22-17(25)12-18(26)23-16/h2-5,12,14H,6-11H2,1H3,(H,21,27)(H2,22,23,25,26). The first-order valence-corrected chi connectivity index (χ1v) is 9.36. The second-order valence-corrected chi connectivity index (χ2v) is 6.97. The Labute approximate surface area is 162 Å². The van der Waals surface area contributed by atoms with Gasteiger partial charge in [-0.15, -0.1) is 0 Å². The molecule has 0 unspecified atom stereocenters. The first-order valence-electron chi connectivity index (χ1n) is 9.36. The largest absolute Gasteiger partial charge is 0.493 e. The molecule has 28 heavy (non-hydrogen) atoms. The zero-order chi connectivity index (χ0) is 20.1. The van der Waals surface area contributed by atoms with Crippen LogP contribution in [0.25, 0.3) is 0 Å². The lowest BCUT2D eigenvalue weighted by molar-refractivity contribution is -0.126. The van der Waals surface area contributed by atoms with Crippen molar-refractivity contribution in [3.8, 4) is 5.88 Å². The van der Waals surface area contributed by atoms with E-state index in [1.165, 1.54) is 0 Å². The lowest BCUT2D eigenvalue weighted by Gasteiger charge is -2.31. The van der Waals surface area contributed by atoms with E-state index in [2.05, 4.69) is 15.3 Å². The van der Waals surface area contributed by atoms with Gasteiger partial charge in [-0.1, -0.05) is 18.2 Å².